The Kier molecular flexibility index (Phi) is 6.80. The second kappa shape index (κ2) is 12.6. The van der Waals surface area contributed by atoms with Crippen LogP contribution in [0.5, 0.6) is 0 Å². The summed E-state index contributed by atoms with van der Waals surface area (Å²) in [5.74, 6) is 0.805. The molecule has 0 aliphatic rings. The summed E-state index contributed by atoms with van der Waals surface area (Å²) in [6, 6.07) is 74.8. The summed E-state index contributed by atoms with van der Waals surface area (Å²) in [4.78, 5) is 11.4. The van der Waals surface area contributed by atoms with Gasteiger partial charge in [-0.25, -0.2) is 9.97 Å². The molecule has 0 N–H and O–H groups in total. The van der Waals surface area contributed by atoms with Crippen LogP contribution in [-0.2, 0) is 0 Å². The van der Waals surface area contributed by atoms with Crippen LogP contribution in [0.3, 0.4) is 0 Å². The van der Waals surface area contributed by atoms with Crippen LogP contribution < -0.4 is 0 Å². The Balaban J connectivity index is 1.17. The average molecular weight is 787 g/mol. The fourth-order valence-electron chi connectivity index (χ4n) is 10.6. The molecule has 0 amide bonds. The summed E-state index contributed by atoms with van der Waals surface area (Å²) in [6.07, 6.45) is 0. The SMILES string of the molecule is c1ccc(-n2c3ccccc3c3cc(-c4nc5ccc6ccccc6c5nc4-n4c5ccc6ccccc6c5c5c6c7ccccc7c7ccccc7c6ccc54)ccc32)cc1. The predicted molar refractivity (Wildman–Crippen MR) is 261 cm³/mol. The van der Waals surface area contributed by atoms with Gasteiger partial charge in [0.1, 0.15) is 5.69 Å². The average Bonchev–Trinajstić information content (AvgIpc) is 3.86. The molecule has 0 unspecified atom stereocenters. The summed E-state index contributed by atoms with van der Waals surface area (Å²) in [5.41, 5.74) is 9.25. The van der Waals surface area contributed by atoms with Crippen LogP contribution in [0.25, 0.3) is 131 Å². The van der Waals surface area contributed by atoms with Gasteiger partial charge in [-0.05, 0) is 91.6 Å². The highest BCUT2D eigenvalue weighted by molar-refractivity contribution is 6.38. The van der Waals surface area contributed by atoms with E-state index in [2.05, 4.69) is 215 Å². The van der Waals surface area contributed by atoms with Gasteiger partial charge in [0.15, 0.2) is 5.82 Å². The lowest BCUT2D eigenvalue weighted by molar-refractivity contribution is 1.08. The maximum absolute atomic E-state index is 5.79. The van der Waals surface area contributed by atoms with E-state index in [1.54, 1.807) is 0 Å². The molecule has 3 aromatic heterocycles. The highest BCUT2D eigenvalue weighted by Crippen LogP contribution is 2.46. The minimum Gasteiger partial charge on any atom is -0.309 e. The summed E-state index contributed by atoms with van der Waals surface area (Å²) in [5, 5.41) is 17.0. The molecule has 11 aromatic carbocycles. The van der Waals surface area contributed by atoms with Crippen molar-refractivity contribution in [3.05, 3.63) is 206 Å². The van der Waals surface area contributed by atoms with Crippen molar-refractivity contribution in [2.45, 2.75) is 0 Å². The highest BCUT2D eigenvalue weighted by Gasteiger charge is 2.25. The van der Waals surface area contributed by atoms with Crippen molar-refractivity contribution < 1.29 is 0 Å². The molecular formula is C58H34N4. The Labute approximate surface area is 355 Å². The number of nitrogens with zero attached hydrogens (tertiary/aromatic N) is 4. The van der Waals surface area contributed by atoms with E-state index in [9.17, 15) is 0 Å². The minimum atomic E-state index is 0.805. The van der Waals surface area contributed by atoms with Gasteiger partial charge in [0.05, 0.1) is 33.1 Å². The minimum absolute atomic E-state index is 0.805. The molecule has 0 aliphatic heterocycles. The Bertz CT molecular complexity index is 4180. The molecule has 0 aliphatic carbocycles. The molecule has 0 bridgehead atoms. The zero-order valence-electron chi connectivity index (χ0n) is 33.4. The Hall–Kier alpha value is -8.34. The van der Waals surface area contributed by atoms with E-state index in [0.717, 1.165) is 61.1 Å². The van der Waals surface area contributed by atoms with Crippen LogP contribution >= 0.6 is 0 Å². The number of benzene rings is 11. The lowest BCUT2D eigenvalue weighted by atomic mass is 9.91. The third-order valence-corrected chi connectivity index (χ3v) is 13.2. The monoisotopic (exact) mass is 786 g/mol. The lowest BCUT2D eigenvalue weighted by Gasteiger charge is -2.16. The Morgan fingerprint density at radius 1 is 0.306 bits per heavy atom. The predicted octanol–water partition coefficient (Wildman–Crippen LogP) is 15.3. The molecule has 62 heavy (non-hydrogen) atoms. The summed E-state index contributed by atoms with van der Waals surface area (Å²) in [6.45, 7) is 0. The smallest absolute Gasteiger partial charge is 0.165 e. The number of para-hydroxylation sites is 2. The van der Waals surface area contributed by atoms with Crippen molar-refractivity contribution in [3.63, 3.8) is 0 Å². The molecule has 4 heteroatoms. The van der Waals surface area contributed by atoms with Crippen molar-refractivity contribution in [3.8, 4) is 22.8 Å². The molecule has 14 rings (SSSR count). The molecule has 0 radical (unpaired) electrons. The fraction of sp³-hybridized carbons (Fsp3) is 0. The van der Waals surface area contributed by atoms with E-state index >= 15 is 0 Å². The normalized spacial score (nSPS) is 12.2. The molecule has 0 saturated carbocycles. The molecule has 4 nitrogen and oxygen atoms in total. The molecule has 286 valence electrons. The van der Waals surface area contributed by atoms with E-state index in [0.29, 0.717) is 0 Å². The van der Waals surface area contributed by atoms with Gasteiger partial charge >= 0.3 is 0 Å². The van der Waals surface area contributed by atoms with E-state index in [1.807, 2.05) is 0 Å². The van der Waals surface area contributed by atoms with Gasteiger partial charge in [-0.3, -0.25) is 4.57 Å². The molecule has 0 fully saturated rings. The first-order valence-electron chi connectivity index (χ1n) is 21.3. The summed E-state index contributed by atoms with van der Waals surface area (Å²) >= 11 is 0. The third-order valence-electron chi connectivity index (χ3n) is 13.2. The number of rotatable bonds is 3. The van der Waals surface area contributed by atoms with Crippen LogP contribution in [0.2, 0.25) is 0 Å². The number of hydrogen-bond donors (Lipinski definition) is 0. The van der Waals surface area contributed by atoms with Crippen molar-refractivity contribution >= 4 is 109 Å². The molecule has 14 aromatic rings. The van der Waals surface area contributed by atoms with E-state index in [1.165, 1.54) is 70.2 Å². The van der Waals surface area contributed by atoms with E-state index in [4.69, 9.17) is 9.97 Å². The third kappa shape index (κ3) is 4.55. The summed E-state index contributed by atoms with van der Waals surface area (Å²) < 4.78 is 4.77. The topological polar surface area (TPSA) is 35.6 Å². The van der Waals surface area contributed by atoms with Crippen LogP contribution in [0.4, 0.5) is 0 Å². The first-order chi connectivity index (χ1) is 30.8. The van der Waals surface area contributed by atoms with Gasteiger partial charge in [-0.15, -0.1) is 0 Å². The fourth-order valence-corrected chi connectivity index (χ4v) is 10.6. The van der Waals surface area contributed by atoms with E-state index in [-0.39, 0.29) is 0 Å². The van der Waals surface area contributed by atoms with Crippen LogP contribution in [0.1, 0.15) is 0 Å². The number of aromatic nitrogens is 4. The Morgan fingerprint density at radius 2 is 0.855 bits per heavy atom. The van der Waals surface area contributed by atoms with Gasteiger partial charge in [-0.1, -0.05) is 158 Å². The molecule has 0 saturated heterocycles. The second-order valence-corrected chi connectivity index (χ2v) is 16.5. The first-order valence-corrected chi connectivity index (χ1v) is 21.3. The quantitative estimate of drug-likeness (QED) is 0.167. The largest absolute Gasteiger partial charge is 0.309 e. The molecule has 3 heterocycles. The van der Waals surface area contributed by atoms with Gasteiger partial charge in [0, 0.05) is 43.6 Å². The maximum atomic E-state index is 5.79. The van der Waals surface area contributed by atoms with Crippen molar-refractivity contribution in [2.24, 2.45) is 0 Å². The lowest BCUT2D eigenvalue weighted by Crippen LogP contribution is -2.04. The zero-order chi connectivity index (χ0) is 40.5. The number of fused-ring (bicyclic) bond motifs is 18. The van der Waals surface area contributed by atoms with Crippen molar-refractivity contribution in [2.75, 3.05) is 0 Å². The second-order valence-electron chi connectivity index (χ2n) is 16.5. The van der Waals surface area contributed by atoms with Gasteiger partial charge in [-0.2, -0.15) is 0 Å². The number of hydrogen-bond acceptors (Lipinski definition) is 2. The van der Waals surface area contributed by atoms with Crippen LogP contribution in [0.15, 0.2) is 206 Å². The van der Waals surface area contributed by atoms with Gasteiger partial charge in [0.2, 0.25) is 0 Å². The Morgan fingerprint density at radius 3 is 1.65 bits per heavy atom. The van der Waals surface area contributed by atoms with Gasteiger partial charge < -0.3 is 4.57 Å². The first kappa shape index (κ1) is 33.5. The molecular weight excluding hydrogens is 753 g/mol. The van der Waals surface area contributed by atoms with Gasteiger partial charge in [0.25, 0.3) is 0 Å². The zero-order valence-corrected chi connectivity index (χ0v) is 33.4. The standard InChI is InChI=1S/C58H34N4/c1-2-16-38(17-3-1)61-49-25-13-12-23-44(49)47-34-37(28-31-50(47)61)56-58(60-57-40-19-7-5-15-36(40)26-30-48(57)59-56)62-51-32-27-35-14-4-6-18-39(35)54(51)55-52(62)33-29-46-43-22-9-8-20-41(43)42-21-10-11-24-45(42)53(46)55/h1-34H. The van der Waals surface area contributed by atoms with Crippen molar-refractivity contribution in [1.82, 2.24) is 19.1 Å². The van der Waals surface area contributed by atoms with Crippen molar-refractivity contribution in [1.29, 1.82) is 0 Å². The molecule has 0 spiro atoms. The summed E-state index contributed by atoms with van der Waals surface area (Å²) in [7, 11) is 0. The van der Waals surface area contributed by atoms with Crippen LogP contribution in [0, 0.1) is 0 Å². The maximum Gasteiger partial charge on any atom is 0.165 e. The highest BCUT2D eigenvalue weighted by atomic mass is 15.1. The van der Waals surface area contributed by atoms with E-state index < -0.39 is 0 Å². The van der Waals surface area contributed by atoms with Crippen LogP contribution in [-0.4, -0.2) is 19.1 Å². The molecule has 0 atom stereocenters.